The molecular formula is C96H150NO8+. The van der Waals surface area contributed by atoms with Crippen LogP contribution in [0.4, 0.5) is 0 Å². The van der Waals surface area contributed by atoms with Crippen LogP contribution in [0.25, 0.3) is 0 Å². The molecule has 2 atom stereocenters. The summed E-state index contributed by atoms with van der Waals surface area (Å²) < 4.78 is 23.0. The monoisotopic (exact) mass is 1450 g/mol. The van der Waals surface area contributed by atoms with Gasteiger partial charge in [-0.05, 0) is 167 Å². The molecule has 0 aliphatic carbocycles. The average molecular weight is 1450 g/mol. The lowest BCUT2D eigenvalue weighted by Gasteiger charge is -2.25. The van der Waals surface area contributed by atoms with Crippen LogP contribution in [-0.2, 0) is 33.3 Å². The van der Waals surface area contributed by atoms with Crippen LogP contribution < -0.4 is 0 Å². The number of rotatable bonds is 73. The highest BCUT2D eigenvalue weighted by molar-refractivity contribution is 5.71. The van der Waals surface area contributed by atoms with E-state index in [2.05, 4.69) is 257 Å². The van der Waals surface area contributed by atoms with Gasteiger partial charge in [-0.3, -0.25) is 9.59 Å². The van der Waals surface area contributed by atoms with Crippen molar-refractivity contribution in [3.63, 3.8) is 0 Å². The molecule has 0 aromatic carbocycles. The Morgan fingerprint density at radius 1 is 0.286 bits per heavy atom. The van der Waals surface area contributed by atoms with Crippen molar-refractivity contribution in [2.24, 2.45) is 0 Å². The Balaban J connectivity index is 4.17. The van der Waals surface area contributed by atoms with E-state index < -0.39 is 24.3 Å². The molecule has 0 fully saturated rings. The van der Waals surface area contributed by atoms with Crippen molar-refractivity contribution in [1.82, 2.24) is 0 Å². The third-order valence-corrected chi connectivity index (χ3v) is 16.6. The second kappa shape index (κ2) is 82.7. The van der Waals surface area contributed by atoms with E-state index in [0.717, 1.165) is 186 Å². The van der Waals surface area contributed by atoms with Gasteiger partial charge in [0.25, 0.3) is 6.29 Å². The predicted octanol–water partition coefficient (Wildman–Crippen LogP) is 27.1. The molecule has 0 rings (SSSR count). The van der Waals surface area contributed by atoms with Crippen LogP contribution in [0.2, 0.25) is 0 Å². The zero-order chi connectivity index (χ0) is 76.0. The summed E-state index contributed by atoms with van der Waals surface area (Å²) in [5, 5.41) is 9.78. The maximum Gasteiger partial charge on any atom is 0.361 e. The van der Waals surface area contributed by atoms with E-state index >= 15 is 0 Å². The molecule has 0 aliphatic rings. The van der Waals surface area contributed by atoms with E-state index in [1.165, 1.54) is 64.2 Å². The smallest absolute Gasteiger partial charge is 0.361 e. The van der Waals surface area contributed by atoms with Gasteiger partial charge in [0.15, 0.2) is 6.10 Å². The van der Waals surface area contributed by atoms with Crippen molar-refractivity contribution in [3.8, 4) is 0 Å². The fourth-order valence-corrected chi connectivity index (χ4v) is 10.4. The minimum atomic E-state index is -1.53. The Kier molecular flexibility index (Phi) is 77.3. The maximum absolute atomic E-state index is 13.0. The van der Waals surface area contributed by atoms with E-state index in [4.69, 9.17) is 18.9 Å². The zero-order valence-corrected chi connectivity index (χ0v) is 67.0. The third kappa shape index (κ3) is 84.2. The first-order valence-electron chi connectivity index (χ1n) is 41.2. The van der Waals surface area contributed by atoms with Crippen molar-refractivity contribution < 1.29 is 42.9 Å². The van der Waals surface area contributed by atoms with Gasteiger partial charge in [-0.2, -0.15) is 0 Å². The molecule has 0 bridgehead atoms. The van der Waals surface area contributed by atoms with Gasteiger partial charge >= 0.3 is 17.9 Å². The number of carbonyl (C=O) groups excluding carboxylic acids is 2. The second-order valence-corrected chi connectivity index (χ2v) is 27.6. The van der Waals surface area contributed by atoms with Crippen molar-refractivity contribution in [1.29, 1.82) is 0 Å². The number of hydrogen-bond acceptors (Lipinski definition) is 7. The molecule has 2 unspecified atom stereocenters. The summed E-state index contributed by atoms with van der Waals surface area (Å²) in [5.41, 5.74) is 0. The Labute approximate surface area is 643 Å². The standard InChI is InChI=1S/C96H149NO8/c1-6-8-10-12-14-16-18-20-22-24-26-28-30-32-34-36-38-40-42-44-46-47-49-51-53-55-57-59-61-63-65-67-69-71-73-75-77-79-81-83-85-87-94(99)105-92(91-104-96(95(100)101)102-89-88-97(3,4)5)90-103-93(98)86-84-82-80-78-76-74-72-70-68-66-64-62-60-58-56-54-52-50-48-45-43-41-39-37-35-33-31-29-27-25-23-21-19-17-15-13-11-9-7-2/h8-11,14-17,20-23,26-29,32-35,38-41,44-46,48-49,51-52,54-55,57-58,60-61,63,67,69,92,96H,6-7,12-13,18-19,24-25,30-31,36-37,42-43,47,50,53,56,59,62,64-66,68,70-91H2,1-5H3/p+1/b10-8-,11-9-,16-14-,17-15-,22-20-,23-21-,28-26-,29-27-,34-32-,35-33-,40-38-,41-39-,46-44-,48-45-,51-49-,54-52-,57-55-,60-58-,63-61-,69-67-. The van der Waals surface area contributed by atoms with Gasteiger partial charge in [0.05, 0.1) is 34.4 Å². The molecule has 0 saturated heterocycles. The molecule has 0 amide bonds. The van der Waals surface area contributed by atoms with Crippen molar-refractivity contribution in [3.05, 3.63) is 243 Å². The van der Waals surface area contributed by atoms with Gasteiger partial charge in [0, 0.05) is 12.8 Å². The fraction of sp³-hybridized carbons (Fsp3) is 0.552. The Morgan fingerprint density at radius 2 is 0.514 bits per heavy atom. The molecule has 586 valence electrons. The Bertz CT molecular complexity index is 2640. The van der Waals surface area contributed by atoms with E-state index in [-0.39, 0.29) is 38.6 Å². The first-order chi connectivity index (χ1) is 51.6. The minimum Gasteiger partial charge on any atom is -0.477 e. The zero-order valence-electron chi connectivity index (χ0n) is 67.0. The molecular weight excluding hydrogens is 1300 g/mol. The molecule has 0 heterocycles. The second-order valence-electron chi connectivity index (χ2n) is 27.6. The number of quaternary nitrogens is 1. The number of hydrogen-bond donors (Lipinski definition) is 1. The SMILES string of the molecule is CC/C=C\C/C=C\C/C=C\C/C=C\C/C=C\C/C=C\C/C=C\C/C=C\C/C=C\C/C=C\C/C=C\CCCCCCCCCC(=O)OC(COC(=O)CCCCCCCCCCCCC/C=C\C/C=C\C/C=C\C/C=C\C/C=C\C/C=C\C/C=C\C/C=C\C/C=C\CC)COC(OCC[N+](C)(C)C)C(=O)O. The van der Waals surface area contributed by atoms with Gasteiger partial charge < -0.3 is 28.5 Å². The highest BCUT2D eigenvalue weighted by Gasteiger charge is 2.25. The minimum absolute atomic E-state index is 0.173. The lowest BCUT2D eigenvalue weighted by molar-refractivity contribution is -0.870. The number of carboxylic acids is 1. The summed E-state index contributed by atoms with van der Waals surface area (Å²) in [6, 6.07) is 0. The summed E-state index contributed by atoms with van der Waals surface area (Å²) >= 11 is 0. The number of aliphatic carboxylic acids is 1. The van der Waals surface area contributed by atoms with E-state index in [1.54, 1.807) is 0 Å². The van der Waals surface area contributed by atoms with Crippen LogP contribution in [0.15, 0.2) is 243 Å². The normalized spacial score (nSPS) is 14.0. The molecule has 0 spiro atoms. The topological polar surface area (TPSA) is 108 Å². The van der Waals surface area contributed by atoms with Crippen molar-refractivity contribution in [2.45, 2.75) is 296 Å². The summed E-state index contributed by atoms with van der Waals surface area (Å²) in [5.74, 6) is -2.04. The number of carboxylic acid groups (broad SMARTS) is 1. The lowest BCUT2D eigenvalue weighted by atomic mass is 10.0. The molecule has 0 radical (unpaired) electrons. The van der Waals surface area contributed by atoms with Gasteiger partial charge in [0.2, 0.25) is 0 Å². The Morgan fingerprint density at radius 3 is 0.762 bits per heavy atom. The average Bonchev–Trinajstić information content (AvgIpc) is 1.18. The van der Waals surface area contributed by atoms with Crippen LogP contribution in [0.1, 0.15) is 284 Å². The number of esters is 2. The van der Waals surface area contributed by atoms with Gasteiger partial charge in [-0.1, -0.05) is 347 Å². The maximum atomic E-state index is 13.0. The van der Waals surface area contributed by atoms with E-state index in [0.29, 0.717) is 17.4 Å². The van der Waals surface area contributed by atoms with Gasteiger partial charge in [0.1, 0.15) is 13.2 Å². The molecule has 9 heteroatoms. The first kappa shape index (κ1) is 98.1. The summed E-state index contributed by atoms with van der Waals surface area (Å²) in [6.45, 7) is 4.61. The molecule has 105 heavy (non-hydrogen) atoms. The largest absolute Gasteiger partial charge is 0.477 e. The summed E-state index contributed by atoms with van der Waals surface area (Å²) in [4.78, 5) is 37.8. The van der Waals surface area contributed by atoms with Gasteiger partial charge in [-0.15, -0.1) is 0 Å². The third-order valence-electron chi connectivity index (χ3n) is 16.6. The first-order valence-corrected chi connectivity index (χ1v) is 41.2. The van der Waals surface area contributed by atoms with E-state index in [1.807, 2.05) is 21.1 Å². The highest BCUT2D eigenvalue weighted by Crippen LogP contribution is 2.16. The number of allylic oxidation sites excluding steroid dienone is 40. The van der Waals surface area contributed by atoms with Crippen LogP contribution in [0.3, 0.4) is 0 Å². The number of nitrogens with zero attached hydrogens (tertiary/aromatic N) is 1. The highest BCUT2D eigenvalue weighted by atomic mass is 16.7. The number of unbranched alkanes of at least 4 members (excludes halogenated alkanes) is 18. The van der Waals surface area contributed by atoms with Crippen LogP contribution in [0.5, 0.6) is 0 Å². The lowest BCUT2D eigenvalue weighted by Crippen LogP contribution is -2.40. The number of likely N-dealkylation sites (N-methyl/N-ethyl adjacent to an activating group) is 1. The summed E-state index contributed by atoms with van der Waals surface area (Å²) in [6.07, 6.45) is 130. The molecule has 0 aromatic heterocycles. The predicted molar refractivity (Wildman–Crippen MR) is 455 cm³/mol. The summed E-state index contributed by atoms with van der Waals surface area (Å²) in [7, 11) is 5.96. The van der Waals surface area contributed by atoms with E-state index in [9.17, 15) is 19.5 Å². The van der Waals surface area contributed by atoms with Crippen LogP contribution >= 0.6 is 0 Å². The van der Waals surface area contributed by atoms with Crippen molar-refractivity contribution >= 4 is 17.9 Å². The Hall–Kier alpha value is -6.91. The molecule has 0 aromatic rings. The molecule has 0 aliphatic heterocycles. The van der Waals surface area contributed by atoms with Gasteiger partial charge in [-0.25, -0.2) is 4.79 Å². The van der Waals surface area contributed by atoms with Crippen LogP contribution in [0, 0.1) is 0 Å². The van der Waals surface area contributed by atoms with Crippen LogP contribution in [-0.4, -0.2) is 87.4 Å². The fourth-order valence-electron chi connectivity index (χ4n) is 10.4. The number of carbonyl (C=O) groups is 3. The number of ether oxygens (including phenoxy) is 4. The molecule has 1 N–H and O–H groups in total. The quantitative estimate of drug-likeness (QED) is 0.0211. The van der Waals surface area contributed by atoms with Crippen molar-refractivity contribution in [2.75, 3.05) is 47.5 Å². The molecule has 0 saturated carbocycles. The molecule has 9 nitrogen and oxygen atoms in total.